The molecule has 0 atom stereocenters. The summed E-state index contributed by atoms with van der Waals surface area (Å²) in [6, 6.07) is 2.05. The molecule has 0 aliphatic heterocycles. The molecule has 1 heterocycles. The molecule has 88 valence electrons. The number of sulfone groups is 1. The van der Waals surface area contributed by atoms with Crippen LogP contribution in [0.5, 0.6) is 0 Å². The minimum Gasteiger partial charge on any atom is -0.245 e. The Kier molecular flexibility index (Phi) is 4.44. The lowest BCUT2D eigenvalue weighted by Gasteiger charge is -1.98. The van der Waals surface area contributed by atoms with Crippen LogP contribution in [-0.2, 0) is 22.0 Å². The molecule has 0 bridgehead atoms. The van der Waals surface area contributed by atoms with Crippen LogP contribution in [0.4, 0.5) is 0 Å². The van der Waals surface area contributed by atoms with E-state index in [0.29, 0.717) is 17.8 Å². The molecule has 0 aliphatic rings. The number of nitriles is 1. The van der Waals surface area contributed by atoms with Crippen LogP contribution in [0.3, 0.4) is 0 Å². The molecule has 4 nitrogen and oxygen atoms in total. The first-order valence-corrected chi connectivity index (χ1v) is 7.65. The summed E-state index contributed by atoms with van der Waals surface area (Å²) in [4.78, 5) is 5.05. The van der Waals surface area contributed by atoms with E-state index in [1.165, 1.54) is 11.3 Å². The van der Waals surface area contributed by atoms with Crippen molar-refractivity contribution in [3.63, 3.8) is 0 Å². The van der Waals surface area contributed by atoms with Crippen LogP contribution in [0.1, 0.15) is 28.9 Å². The van der Waals surface area contributed by atoms with Crippen LogP contribution < -0.4 is 0 Å². The Hall–Kier alpha value is -0.930. The van der Waals surface area contributed by atoms with Gasteiger partial charge in [0.1, 0.15) is 10.8 Å². The molecule has 16 heavy (non-hydrogen) atoms. The van der Waals surface area contributed by atoms with Crippen molar-refractivity contribution in [1.29, 1.82) is 5.26 Å². The van der Waals surface area contributed by atoms with Gasteiger partial charge in [-0.3, -0.25) is 0 Å². The molecule has 1 rings (SSSR count). The molecule has 1 aromatic heterocycles. The standard InChI is InChI=1S/C10H14N2O2S2/c1-3-6-16(13,14)7-10-12-8(2)9(15-10)4-5-11/h3-4,6-7H2,1-2H3. The molecule has 0 radical (unpaired) electrons. The maximum absolute atomic E-state index is 11.6. The first-order chi connectivity index (χ1) is 7.48. The van der Waals surface area contributed by atoms with Gasteiger partial charge in [0, 0.05) is 4.88 Å². The van der Waals surface area contributed by atoms with Crippen molar-refractivity contribution in [2.24, 2.45) is 0 Å². The van der Waals surface area contributed by atoms with Crippen molar-refractivity contribution in [3.05, 3.63) is 15.6 Å². The highest BCUT2D eigenvalue weighted by atomic mass is 32.2. The van der Waals surface area contributed by atoms with Crippen LogP contribution >= 0.6 is 11.3 Å². The monoisotopic (exact) mass is 258 g/mol. The predicted octanol–water partition coefficient (Wildman–Crippen LogP) is 1.84. The molecule has 0 aliphatic carbocycles. The van der Waals surface area contributed by atoms with Crippen LogP contribution in [0.2, 0.25) is 0 Å². The van der Waals surface area contributed by atoms with Gasteiger partial charge in [-0.15, -0.1) is 11.3 Å². The second kappa shape index (κ2) is 5.41. The van der Waals surface area contributed by atoms with Crippen molar-refractivity contribution in [2.75, 3.05) is 5.75 Å². The molecule has 6 heteroatoms. The zero-order valence-electron chi connectivity index (χ0n) is 9.36. The summed E-state index contributed by atoms with van der Waals surface area (Å²) < 4.78 is 23.2. The molecule has 0 spiro atoms. The number of hydrogen-bond donors (Lipinski definition) is 0. The fraction of sp³-hybridized carbons (Fsp3) is 0.600. The van der Waals surface area contributed by atoms with E-state index < -0.39 is 9.84 Å². The van der Waals surface area contributed by atoms with Gasteiger partial charge in [0.15, 0.2) is 9.84 Å². The average Bonchev–Trinajstić information content (AvgIpc) is 2.46. The third-order valence-corrected chi connectivity index (χ3v) is 5.12. The summed E-state index contributed by atoms with van der Waals surface area (Å²) in [5.41, 5.74) is 0.772. The number of hydrogen-bond acceptors (Lipinski definition) is 5. The minimum atomic E-state index is -3.04. The predicted molar refractivity (Wildman–Crippen MR) is 63.9 cm³/mol. The third-order valence-electron chi connectivity index (χ3n) is 2.04. The van der Waals surface area contributed by atoms with Gasteiger partial charge in [-0.2, -0.15) is 5.26 Å². The van der Waals surface area contributed by atoms with Gasteiger partial charge in [0.05, 0.1) is 23.9 Å². The fourth-order valence-electron chi connectivity index (χ4n) is 1.36. The summed E-state index contributed by atoms with van der Waals surface area (Å²) in [6.07, 6.45) is 0.926. The van der Waals surface area contributed by atoms with E-state index in [9.17, 15) is 8.42 Å². The Morgan fingerprint density at radius 1 is 1.50 bits per heavy atom. The molecular formula is C10H14N2O2S2. The van der Waals surface area contributed by atoms with Crippen molar-refractivity contribution >= 4 is 21.2 Å². The zero-order chi connectivity index (χ0) is 12.2. The SMILES string of the molecule is CCCS(=O)(=O)Cc1nc(C)c(CC#N)s1. The summed E-state index contributed by atoms with van der Waals surface area (Å²) in [7, 11) is -3.04. The van der Waals surface area contributed by atoms with Gasteiger partial charge in [-0.05, 0) is 13.3 Å². The lowest BCUT2D eigenvalue weighted by molar-refractivity contribution is 0.594. The van der Waals surface area contributed by atoms with Crippen molar-refractivity contribution < 1.29 is 8.42 Å². The van der Waals surface area contributed by atoms with Gasteiger partial charge in [-0.25, -0.2) is 13.4 Å². The molecule has 0 amide bonds. The Labute approximate surface area is 99.9 Å². The van der Waals surface area contributed by atoms with Gasteiger partial charge in [-0.1, -0.05) is 6.92 Å². The summed E-state index contributed by atoms with van der Waals surface area (Å²) in [5, 5.41) is 9.17. The Balaban J connectivity index is 2.84. The number of thiazole rings is 1. The van der Waals surface area contributed by atoms with Gasteiger partial charge < -0.3 is 0 Å². The van der Waals surface area contributed by atoms with Crippen LogP contribution in [0.15, 0.2) is 0 Å². The quantitative estimate of drug-likeness (QED) is 0.808. The Morgan fingerprint density at radius 3 is 2.75 bits per heavy atom. The molecule has 0 fully saturated rings. The maximum Gasteiger partial charge on any atom is 0.156 e. The number of nitrogens with zero attached hydrogens (tertiary/aromatic N) is 2. The second-order valence-electron chi connectivity index (χ2n) is 3.54. The van der Waals surface area contributed by atoms with Crippen LogP contribution in [0, 0.1) is 18.3 Å². The lowest BCUT2D eigenvalue weighted by atomic mass is 10.3. The normalized spacial score (nSPS) is 11.3. The highest BCUT2D eigenvalue weighted by Crippen LogP contribution is 2.20. The lowest BCUT2D eigenvalue weighted by Crippen LogP contribution is -2.08. The number of rotatable bonds is 5. The topological polar surface area (TPSA) is 70.8 Å². The van der Waals surface area contributed by atoms with E-state index in [2.05, 4.69) is 4.98 Å². The molecule has 0 aromatic carbocycles. The highest BCUT2D eigenvalue weighted by Gasteiger charge is 2.15. The van der Waals surface area contributed by atoms with Gasteiger partial charge in [0.25, 0.3) is 0 Å². The minimum absolute atomic E-state index is 0.00221. The number of aryl methyl sites for hydroxylation is 1. The van der Waals surface area contributed by atoms with Crippen molar-refractivity contribution in [3.8, 4) is 6.07 Å². The molecular weight excluding hydrogens is 244 g/mol. The molecule has 0 unspecified atom stereocenters. The summed E-state index contributed by atoms with van der Waals surface area (Å²) in [5.74, 6) is 0.191. The molecule has 0 saturated heterocycles. The van der Waals surface area contributed by atoms with E-state index in [-0.39, 0.29) is 11.5 Å². The molecule has 1 aromatic rings. The van der Waals surface area contributed by atoms with Crippen molar-refractivity contribution in [1.82, 2.24) is 4.98 Å². The van der Waals surface area contributed by atoms with E-state index >= 15 is 0 Å². The molecule has 0 N–H and O–H groups in total. The third kappa shape index (κ3) is 3.58. The van der Waals surface area contributed by atoms with Gasteiger partial charge in [0.2, 0.25) is 0 Å². The second-order valence-corrected chi connectivity index (χ2v) is 6.90. The summed E-state index contributed by atoms with van der Waals surface area (Å²) >= 11 is 1.32. The van der Waals surface area contributed by atoms with E-state index in [1.807, 2.05) is 13.0 Å². The fourth-order valence-corrected chi connectivity index (χ4v) is 4.14. The average molecular weight is 258 g/mol. The van der Waals surface area contributed by atoms with Crippen LogP contribution in [-0.4, -0.2) is 19.2 Å². The van der Waals surface area contributed by atoms with E-state index in [0.717, 1.165) is 10.6 Å². The highest BCUT2D eigenvalue weighted by molar-refractivity contribution is 7.90. The zero-order valence-corrected chi connectivity index (χ0v) is 11.0. The van der Waals surface area contributed by atoms with E-state index in [4.69, 9.17) is 5.26 Å². The van der Waals surface area contributed by atoms with Crippen molar-refractivity contribution in [2.45, 2.75) is 32.4 Å². The number of aromatic nitrogens is 1. The summed E-state index contributed by atoms with van der Waals surface area (Å²) in [6.45, 7) is 3.64. The van der Waals surface area contributed by atoms with Crippen LogP contribution in [0.25, 0.3) is 0 Å². The molecule has 0 saturated carbocycles. The van der Waals surface area contributed by atoms with E-state index in [1.54, 1.807) is 6.92 Å². The Bertz CT molecular complexity index is 497. The first-order valence-electron chi connectivity index (χ1n) is 5.01. The van der Waals surface area contributed by atoms with Gasteiger partial charge >= 0.3 is 0 Å². The largest absolute Gasteiger partial charge is 0.245 e. The Morgan fingerprint density at radius 2 is 2.19 bits per heavy atom. The smallest absolute Gasteiger partial charge is 0.156 e. The maximum atomic E-state index is 11.6. The first kappa shape index (κ1) is 13.1.